The van der Waals surface area contributed by atoms with Gasteiger partial charge in [-0.25, -0.2) is 0 Å². The zero-order valence-electron chi connectivity index (χ0n) is 28.9. The number of furan rings is 2. The summed E-state index contributed by atoms with van der Waals surface area (Å²) >= 11 is 0. The van der Waals surface area contributed by atoms with Gasteiger partial charge in [-0.1, -0.05) is 34.6 Å². The summed E-state index contributed by atoms with van der Waals surface area (Å²) in [4.78, 5) is 0. The highest BCUT2D eigenvalue weighted by Crippen LogP contribution is 2.36. The second-order valence-electron chi connectivity index (χ2n) is 15.6. The molecule has 44 heavy (non-hydrogen) atoms. The Morgan fingerprint density at radius 1 is 0.591 bits per heavy atom. The van der Waals surface area contributed by atoms with Crippen LogP contribution in [-0.2, 0) is 10.8 Å². The van der Waals surface area contributed by atoms with Crippen LogP contribution in [0.4, 0.5) is 0 Å². The van der Waals surface area contributed by atoms with E-state index in [1.807, 2.05) is 24.3 Å². The third kappa shape index (κ3) is 9.77. The first-order valence-corrected chi connectivity index (χ1v) is 16.3. The Hall–Kier alpha value is -2.96. The summed E-state index contributed by atoms with van der Waals surface area (Å²) in [6.07, 6.45) is 3.94. The number of benzene rings is 2. The molecule has 4 rings (SSSR count). The van der Waals surface area contributed by atoms with Crippen molar-refractivity contribution in [1.82, 2.24) is 10.6 Å². The van der Waals surface area contributed by atoms with E-state index in [1.165, 1.54) is 0 Å². The normalized spacial score (nSPS) is 13.2. The Bertz CT molecular complexity index is 1500. The molecule has 0 amide bonds. The molecule has 0 aliphatic carbocycles. The minimum absolute atomic E-state index is 0.00516. The largest absolute Gasteiger partial charge is 0.494 e. The van der Waals surface area contributed by atoms with Crippen LogP contribution in [0.15, 0.2) is 57.4 Å². The molecule has 0 saturated heterocycles. The van der Waals surface area contributed by atoms with Gasteiger partial charge in [0.05, 0.1) is 13.2 Å². The molecular weight excluding hydrogens is 548 g/mol. The van der Waals surface area contributed by atoms with Crippen LogP contribution in [0, 0.1) is 0 Å². The molecule has 0 spiro atoms. The van der Waals surface area contributed by atoms with Gasteiger partial charge in [-0.05, 0) is 122 Å². The lowest BCUT2D eigenvalue weighted by Gasteiger charge is -2.31. The van der Waals surface area contributed by atoms with Crippen LogP contribution in [-0.4, -0.2) is 37.4 Å². The Kier molecular flexibility index (Phi) is 10.5. The van der Waals surface area contributed by atoms with Gasteiger partial charge >= 0.3 is 0 Å². The van der Waals surface area contributed by atoms with Crippen molar-refractivity contribution in [3.8, 4) is 11.5 Å². The number of fused-ring (bicyclic) bond motifs is 2. The molecule has 242 valence electrons. The lowest BCUT2D eigenvalue weighted by Crippen LogP contribution is -2.41. The summed E-state index contributed by atoms with van der Waals surface area (Å²) in [7, 11) is 0. The number of rotatable bonds is 15. The quantitative estimate of drug-likeness (QED) is 0.132. The monoisotopic (exact) mass is 604 g/mol. The van der Waals surface area contributed by atoms with Crippen molar-refractivity contribution in [2.24, 2.45) is 0 Å². The topological polar surface area (TPSA) is 68.8 Å². The Balaban J connectivity index is 1.21. The molecule has 0 aliphatic heterocycles. The predicted octanol–water partition coefficient (Wildman–Crippen LogP) is 9.53. The molecule has 0 atom stereocenters. The molecule has 2 heterocycles. The summed E-state index contributed by atoms with van der Waals surface area (Å²) in [5.41, 5.74) is 1.86. The van der Waals surface area contributed by atoms with Crippen molar-refractivity contribution < 1.29 is 18.3 Å². The van der Waals surface area contributed by atoms with Crippen molar-refractivity contribution in [2.45, 2.75) is 117 Å². The highest BCUT2D eigenvalue weighted by molar-refractivity contribution is 5.80. The molecule has 4 aromatic rings. The maximum absolute atomic E-state index is 6.32. The third-order valence-electron chi connectivity index (χ3n) is 8.20. The molecule has 0 aliphatic rings. The SMILES string of the molecule is CC(C)(C)NCCCOc1ccc2oc(C(C)(C)CCC(C)(C)NCCCOc3ccc4oc(C(C)(C)C)cc4c3)cc2c1. The summed E-state index contributed by atoms with van der Waals surface area (Å²) in [6.45, 7) is 25.3. The molecular formula is C38H56N2O4. The minimum Gasteiger partial charge on any atom is -0.494 e. The fraction of sp³-hybridized carbons (Fsp3) is 0.579. The molecule has 0 bridgehead atoms. The summed E-state index contributed by atoms with van der Waals surface area (Å²) in [5, 5.41) is 9.43. The summed E-state index contributed by atoms with van der Waals surface area (Å²) in [5.74, 6) is 3.80. The first kappa shape index (κ1) is 33.9. The Labute approximate surface area is 265 Å². The van der Waals surface area contributed by atoms with Gasteiger partial charge in [-0.3, -0.25) is 0 Å². The van der Waals surface area contributed by atoms with Crippen molar-refractivity contribution in [1.29, 1.82) is 0 Å². The number of nitrogens with one attached hydrogen (secondary N) is 2. The maximum Gasteiger partial charge on any atom is 0.134 e. The van der Waals surface area contributed by atoms with Crippen molar-refractivity contribution in [3.05, 3.63) is 60.1 Å². The van der Waals surface area contributed by atoms with E-state index < -0.39 is 0 Å². The second-order valence-corrected chi connectivity index (χ2v) is 15.6. The second kappa shape index (κ2) is 13.6. The van der Waals surface area contributed by atoms with Gasteiger partial charge in [0.25, 0.3) is 0 Å². The molecule has 0 saturated carbocycles. The zero-order valence-corrected chi connectivity index (χ0v) is 28.9. The van der Waals surface area contributed by atoms with Gasteiger partial charge in [0.2, 0.25) is 0 Å². The fourth-order valence-electron chi connectivity index (χ4n) is 5.18. The highest BCUT2D eigenvalue weighted by Gasteiger charge is 2.28. The van der Waals surface area contributed by atoms with Crippen molar-refractivity contribution in [2.75, 3.05) is 26.3 Å². The lowest BCUT2D eigenvalue weighted by molar-refractivity contribution is 0.271. The standard InChI is InChI=1S/C38H56N2O4/c1-35(2,3)33-25-27-23-29(13-15-31(27)43-33)42-22-12-20-40-38(9,10)18-17-37(7,8)34-26-28-24-30(14-16-32(28)44-34)41-21-11-19-39-36(4,5)6/h13-16,23-26,39-40H,11-12,17-22H2,1-10H3. The van der Waals surface area contributed by atoms with Gasteiger partial charge < -0.3 is 28.9 Å². The van der Waals surface area contributed by atoms with Crippen LogP contribution >= 0.6 is 0 Å². The number of hydrogen-bond donors (Lipinski definition) is 2. The van der Waals surface area contributed by atoms with Crippen LogP contribution in [0.3, 0.4) is 0 Å². The molecule has 6 nitrogen and oxygen atoms in total. The molecule has 0 radical (unpaired) electrons. The molecule has 6 heteroatoms. The first-order valence-electron chi connectivity index (χ1n) is 16.3. The molecule has 0 unspecified atom stereocenters. The van der Waals surface area contributed by atoms with Crippen molar-refractivity contribution in [3.63, 3.8) is 0 Å². The minimum atomic E-state index is -0.0840. The first-order chi connectivity index (χ1) is 20.5. The van der Waals surface area contributed by atoms with Crippen LogP contribution < -0.4 is 20.1 Å². The maximum atomic E-state index is 6.32. The van der Waals surface area contributed by atoms with E-state index in [4.69, 9.17) is 18.3 Å². The van der Waals surface area contributed by atoms with E-state index >= 15 is 0 Å². The van der Waals surface area contributed by atoms with E-state index in [0.29, 0.717) is 13.2 Å². The Morgan fingerprint density at radius 3 is 1.61 bits per heavy atom. The van der Waals surface area contributed by atoms with E-state index in [2.05, 4.69) is 104 Å². The molecule has 2 N–H and O–H groups in total. The third-order valence-corrected chi connectivity index (χ3v) is 8.20. The van der Waals surface area contributed by atoms with E-state index in [1.54, 1.807) is 0 Å². The average molecular weight is 605 g/mol. The van der Waals surface area contributed by atoms with Crippen LogP contribution in [0.25, 0.3) is 21.9 Å². The Morgan fingerprint density at radius 2 is 1.09 bits per heavy atom. The van der Waals surface area contributed by atoms with Gasteiger partial charge in [0, 0.05) is 32.7 Å². The molecule has 2 aromatic heterocycles. The fourth-order valence-corrected chi connectivity index (χ4v) is 5.18. The highest BCUT2D eigenvalue weighted by atomic mass is 16.5. The van der Waals surface area contributed by atoms with Gasteiger partial charge in [0.1, 0.15) is 34.2 Å². The predicted molar refractivity (Wildman–Crippen MR) is 183 cm³/mol. The number of ether oxygens (including phenoxy) is 2. The summed E-state index contributed by atoms with van der Waals surface area (Å²) in [6, 6.07) is 16.5. The van der Waals surface area contributed by atoms with E-state index in [9.17, 15) is 0 Å². The van der Waals surface area contributed by atoms with Gasteiger partial charge in [0.15, 0.2) is 0 Å². The van der Waals surface area contributed by atoms with Crippen molar-refractivity contribution >= 4 is 21.9 Å². The number of hydrogen-bond acceptors (Lipinski definition) is 6. The van der Waals surface area contributed by atoms with Gasteiger partial charge in [-0.15, -0.1) is 0 Å². The van der Waals surface area contributed by atoms with E-state index in [0.717, 1.165) is 83.7 Å². The van der Waals surface area contributed by atoms with Crippen LogP contribution in [0.2, 0.25) is 0 Å². The van der Waals surface area contributed by atoms with Crippen LogP contribution in [0.1, 0.15) is 106 Å². The van der Waals surface area contributed by atoms with E-state index in [-0.39, 0.29) is 21.9 Å². The smallest absolute Gasteiger partial charge is 0.134 e. The van der Waals surface area contributed by atoms with Gasteiger partial charge in [-0.2, -0.15) is 0 Å². The summed E-state index contributed by atoms with van der Waals surface area (Å²) < 4.78 is 24.4. The average Bonchev–Trinajstić information content (AvgIpc) is 3.56. The molecule has 0 fully saturated rings. The van der Waals surface area contributed by atoms with Crippen LogP contribution in [0.5, 0.6) is 11.5 Å². The molecule has 2 aromatic carbocycles. The zero-order chi connectivity index (χ0) is 32.2. The lowest BCUT2D eigenvalue weighted by atomic mass is 9.81.